The molecule has 8 heavy (non-hydrogen) atoms. The van der Waals surface area contributed by atoms with Gasteiger partial charge in [0.1, 0.15) is 0 Å². The van der Waals surface area contributed by atoms with Crippen LogP contribution in [0.25, 0.3) is 0 Å². The number of rotatable bonds is 0. The van der Waals surface area contributed by atoms with Crippen LogP contribution in [0.4, 0.5) is 4.79 Å². The van der Waals surface area contributed by atoms with E-state index in [0.717, 1.165) is 0 Å². The van der Waals surface area contributed by atoms with Crippen LogP contribution < -0.4 is 0 Å². The molecule has 0 aliphatic rings. The van der Waals surface area contributed by atoms with Gasteiger partial charge >= 0.3 is 15.4 Å². The molecule has 0 saturated heterocycles. The van der Waals surface area contributed by atoms with E-state index in [1.165, 1.54) is 0 Å². The van der Waals surface area contributed by atoms with Crippen LogP contribution in [-0.4, -0.2) is 23.4 Å². The fourth-order valence-electron chi connectivity index (χ4n) is 0. The summed E-state index contributed by atoms with van der Waals surface area (Å²) in [4.78, 5) is 9.18. The Kier molecular flexibility index (Phi) is 4.24. The molecule has 0 aliphatic carbocycles. The zero-order valence-corrected chi connectivity index (χ0v) is 7.52. The first-order valence-corrected chi connectivity index (χ1v) is 2.59. The van der Waals surface area contributed by atoms with E-state index >= 15 is 0 Å². The predicted molar refractivity (Wildman–Crippen MR) is 19.6 cm³/mol. The Morgan fingerprint density at radius 3 is 1.50 bits per heavy atom. The minimum absolute atomic E-state index is 0. The van der Waals surface area contributed by atoms with Gasteiger partial charge in [0.05, 0.1) is 0 Å². The smallest absolute Gasteiger partial charge is 0.449 e. The summed E-state index contributed by atoms with van der Waals surface area (Å²) in [5, 5.41) is 5.18. The van der Waals surface area contributed by atoms with Crippen LogP contribution in [0.2, 0.25) is 0 Å². The Hall–Kier alpha value is 0.00338. The Labute approximate surface area is 58.2 Å². The van der Waals surface area contributed by atoms with Gasteiger partial charge in [-0.2, -0.15) is 8.42 Å². The quantitative estimate of drug-likeness (QED) is 0.400. The van der Waals surface area contributed by atoms with E-state index in [-0.39, 0.29) is 19.5 Å². The molecule has 0 aromatic rings. The maximum absolute atomic E-state index is 9.29. The van der Waals surface area contributed by atoms with E-state index in [1.807, 2.05) is 0 Å². The zero-order chi connectivity index (χ0) is 6.08. The van der Waals surface area contributed by atoms with E-state index in [4.69, 9.17) is 9.66 Å². The minimum atomic E-state index is -4.82. The minimum Gasteiger partial charge on any atom is -0.468 e. The molecule has 0 unspecified atom stereocenters. The van der Waals surface area contributed by atoms with Crippen molar-refractivity contribution in [3.05, 3.63) is 0 Å². The number of hydrogen-bond acceptors (Lipinski definition) is 3. The van der Waals surface area contributed by atoms with Crippen molar-refractivity contribution in [2.75, 3.05) is 0 Å². The van der Waals surface area contributed by atoms with Crippen LogP contribution in [-0.2, 0) is 29.6 Å². The van der Waals surface area contributed by atoms with Crippen LogP contribution in [0, 0.1) is 0 Å². The van der Waals surface area contributed by atoms with Gasteiger partial charge in [0, 0.05) is 19.5 Å². The molecule has 0 radical (unpaired) electrons. The van der Waals surface area contributed by atoms with E-state index < -0.39 is 15.4 Å². The second-order valence-corrected chi connectivity index (χ2v) is 2.04. The maximum atomic E-state index is 9.29. The van der Waals surface area contributed by atoms with Crippen LogP contribution in [0.1, 0.15) is 0 Å². The molecule has 0 aromatic heterocycles. The maximum Gasteiger partial charge on any atom is 0.449 e. The first kappa shape index (κ1) is 10.9. The molecule has 0 rings (SSSR count). The van der Waals surface area contributed by atoms with Crippen molar-refractivity contribution in [2.45, 2.75) is 0 Å². The SMILES string of the molecule is O=C(O)S(=O)(=O)O.[Zn]. The first-order valence-electron chi connectivity index (χ1n) is 1.15. The molecule has 0 saturated carbocycles. The van der Waals surface area contributed by atoms with Gasteiger partial charge in [-0.05, 0) is 0 Å². The van der Waals surface area contributed by atoms with Gasteiger partial charge in [-0.25, -0.2) is 4.79 Å². The normalized spacial score (nSPS) is 9.62. The van der Waals surface area contributed by atoms with E-state index in [9.17, 15) is 13.2 Å². The molecule has 0 bridgehead atoms. The Balaban J connectivity index is 0. The summed E-state index contributed by atoms with van der Waals surface area (Å²) in [6.45, 7) is 0. The molecular formula is CH2O5SZn. The van der Waals surface area contributed by atoms with E-state index in [0.29, 0.717) is 0 Å². The van der Waals surface area contributed by atoms with Crippen LogP contribution in [0.15, 0.2) is 0 Å². The molecule has 7 heteroatoms. The van der Waals surface area contributed by atoms with E-state index in [2.05, 4.69) is 0 Å². The molecular weight excluding hydrogens is 189 g/mol. The van der Waals surface area contributed by atoms with Crippen LogP contribution in [0.3, 0.4) is 0 Å². The third kappa shape index (κ3) is 4.17. The van der Waals surface area contributed by atoms with Gasteiger partial charge in [0.15, 0.2) is 0 Å². The van der Waals surface area contributed by atoms with Crippen molar-refractivity contribution < 1.29 is 42.3 Å². The molecule has 0 spiro atoms. The van der Waals surface area contributed by atoms with Crippen molar-refractivity contribution in [3.8, 4) is 0 Å². The summed E-state index contributed by atoms with van der Waals surface area (Å²) in [5.74, 6) is 0. The summed E-state index contributed by atoms with van der Waals surface area (Å²) < 4.78 is 26.0. The monoisotopic (exact) mass is 190 g/mol. The molecule has 0 amide bonds. The van der Waals surface area contributed by atoms with E-state index in [1.54, 1.807) is 0 Å². The van der Waals surface area contributed by atoms with Crippen molar-refractivity contribution in [1.82, 2.24) is 0 Å². The summed E-state index contributed by atoms with van der Waals surface area (Å²) in [6, 6.07) is 0. The number of hydrogen-bond donors (Lipinski definition) is 2. The van der Waals surface area contributed by atoms with Gasteiger partial charge in [-0.1, -0.05) is 0 Å². The Morgan fingerprint density at radius 2 is 1.50 bits per heavy atom. The molecule has 0 heterocycles. The molecule has 0 atom stereocenters. The molecule has 0 aliphatic heterocycles. The summed E-state index contributed by atoms with van der Waals surface area (Å²) in [5.41, 5.74) is 0. The van der Waals surface area contributed by atoms with Gasteiger partial charge in [-0.3, -0.25) is 4.55 Å². The fourth-order valence-corrected chi connectivity index (χ4v) is 0. The van der Waals surface area contributed by atoms with Gasteiger partial charge in [0.25, 0.3) is 0 Å². The first-order chi connectivity index (χ1) is 2.94. The van der Waals surface area contributed by atoms with Crippen molar-refractivity contribution in [1.29, 1.82) is 0 Å². The summed E-state index contributed by atoms with van der Waals surface area (Å²) in [7, 11) is -4.82. The summed E-state index contributed by atoms with van der Waals surface area (Å²) in [6.07, 6.45) is 0. The Morgan fingerprint density at radius 1 is 1.38 bits per heavy atom. The molecule has 5 nitrogen and oxygen atoms in total. The van der Waals surface area contributed by atoms with Gasteiger partial charge in [0.2, 0.25) is 0 Å². The van der Waals surface area contributed by atoms with Crippen molar-refractivity contribution >= 4 is 15.4 Å². The van der Waals surface area contributed by atoms with Crippen LogP contribution >= 0.6 is 0 Å². The topological polar surface area (TPSA) is 91.7 Å². The molecule has 2 N–H and O–H groups in total. The number of carbonyl (C=O) groups is 1. The van der Waals surface area contributed by atoms with Crippen LogP contribution in [0.5, 0.6) is 0 Å². The average Bonchev–Trinajstić information content (AvgIpc) is 1.31. The molecule has 44 valence electrons. The Bertz CT molecular complexity index is 167. The van der Waals surface area contributed by atoms with Gasteiger partial charge < -0.3 is 5.11 Å². The summed E-state index contributed by atoms with van der Waals surface area (Å²) >= 11 is 0. The van der Waals surface area contributed by atoms with Crippen molar-refractivity contribution in [2.24, 2.45) is 0 Å². The largest absolute Gasteiger partial charge is 0.468 e. The second kappa shape index (κ2) is 3.11. The third-order valence-electron chi connectivity index (χ3n) is 0.221. The van der Waals surface area contributed by atoms with Crippen molar-refractivity contribution in [3.63, 3.8) is 0 Å². The number of carboxylic acid groups (broad SMARTS) is 1. The third-order valence-corrected chi connectivity index (χ3v) is 0.662. The average molecular weight is 191 g/mol. The zero-order valence-electron chi connectivity index (χ0n) is 3.73. The standard InChI is InChI=1S/CH2O5S.Zn/c2-1(3)7(4,5)6;/h(H,2,3)(H,4,5,6);. The van der Waals surface area contributed by atoms with Gasteiger partial charge in [-0.15, -0.1) is 0 Å². The molecule has 0 aromatic carbocycles. The second-order valence-electron chi connectivity index (χ2n) is 0.741. The predicted octanol–water partition coefficient (Wildman–Crippen LogP) is -0.450. The fraction of sp³-hybridized carbons (Fsp3) is 0. The molecule has 0 fully saturated rings.